The van der Waals surface area contributed by atoms with Crippen molar-refractivity contribution < 1.29 is 9.53 Å². The Hall–Kier alpha value is -1.55. The van der Waals surface area contributed by atoms with Crippen LogP contribution in [0.15, 0.2) is 30.3 Å². The van der Waals surface area contributed by atoms with E-state index in [-0.39, 0.29) is 6.09 Å². The average Bonchev–Trinajstić information content (AvgIpc) is 2.52. The summed E-state index contributed by atoms with van der Waals surface area (Å²) >= 11 is 0. The number of hydrogen-bond donors (Lipinski definition) is 2. The van der Waals surface area contributed by atoms with Crippen LogP contribution in [-0.2, 0) is 11.3 Å². The van der Waals surface area contributed by atoms with E-state index in [1.54, 1.807) is 0 Å². The monoisotopic (exact) mass is 276 g/mol. The zero-order valence-corrected chi connectivity index (χ0v) is 11.9. The Morgan fingerprint density at radius 2 is 2.00 bits per heavy atom. The molecule has 110 valence electrons. The molecule has 2 rings (SSSR count). The summed E-state index contributed by atoms with van der Waals surface area (Å²) in [5.41, 5.74) is 1.01. The lowest BCUT2D eigenvalue weighted by molar-refractivity contribution is 0.139. The Balaban J connectivity index is 1.51. The normalized spacial score (nSPS) is 15.8. The number of amides is 1. The van der Waals surface area contributed by atoms with Crippen molar-refractivity contribution in [1.29, 1.82) is 0 Å². The highest BCUT2D eigenvalue weighted by Crippen LogP contribution is 2.17. The minimum absolute atomic E-state index is 0.320. The van der Waals surface area contributed by atoms with Crippen molar-refractivity contribution in [2.45, 2.75) is 32.3 Å². The molecule has 4 nitrogen and oxygen atoms in total. The molecular formula is C16H24N2O2. The van der Waals surface area contributed by atoms with Crippen LogP contribution in [-0.4, -0.2) is 25.7 Å². The van der Waals surface area contributed by atoms with E-state index in [0.29, 0.717) is 13.2 Å². The van der Waals surface area contributed by atoms with Crippen molar-refractivity contribution in [3.05, 3.63) is 35.9 Å². The predicted octanol–water partition coefficient (Wildman–Crippen LogP) is 2.69. The molecule has 20 heavy (non-hydrogen) atoms. The van der Waals surface area contributed by atoms with Crippen molar-refractivity contribution >= 4 is 6.09 Å². The molecule has 1 aliphatic rings. The number of carbonyl (C=O) groups is 1. The maximum absolute atomic E-state index is 11.5. The summed E-state index contributed by atoms with van der Waals surface area (Å²) < 4.78 is 5.16. The van der Waals surface area contributed by atoms with Gasteiger partial charge in [0.25, 0.3) is 0 Å². The first-order valence-corrected chi connectivity index (χ1v) is 7.50. The summed E-state index contributed by atoms with van der Waals surface area (Å²) in [6.07, 6.45) is 4.43. The van der Waals surface area contributed by atoms with Gasteiger partial charge >= 0.3 is 6.09 Å². The van der Waals surface area contributed by atoms with Crippen LogP contribution >= 0.6 is 0 Å². The third-order valence-electron chi connectivity index (χ3n) is 3.73. The van der Waals surface area contributed by atoms with Gasteiger partial charge < -0.3 is 15.4 Å². The van der Waals surface area contributed by atoms with Crippen molar-refractivity contribution in [3.8, 4) is 0 Å². The lowest BCUT2D eigenvalue weighted by Crippen LogP contribution is -2.29. The first-order valence-electron chi connectivity index (χ1n) is 7.50. The molecule has 1 aliphatic heterocycles. The van der Waals surface area contributed by atoms with Gasteiger partial charge in [-0.3, -0.25) is 0 Å². The Labute approximate surface area is 120 Å². The average molecular weight is 276 g/mol. The largest absolute Gasteiger partial charge is 0.445 e. The predicted molar refractivity (Wildman–Crippen MR) is 79.5 cm³/mol. The quantitative estimate of drug-likeness (QED) is 0.785. The minimum atomic E-state index is -0.320. The summed E-state index contributed by atoms with van der Waals surface area (Å²) in [6.45, 7) is 3.31. The third-order valence-corrected chi connectivity index (χ3v) is 3.73. The highest BCUT2D eigenvalue weighted by molar-refractivity contribution is 5.67. The molecule has 1 amide bonds. The number of nitrogens with one attached hydrogen (secondary N) is 2. The van der Waals surface area contributed by atoms with Crippen LogP contribution in [0, 0.1) is 5.92 Å². The Morgan fingerprint density at radius 3 is 2.75 bits per heavy atom. The van der Waals surface area contributed by atoms with E-state index in [9.17, 15) is 4.79 Å². The lowest BCUT2D eigenvalue weighted by Gasteiger charge is -2.22. The van der Waals surface area contributed by atoms with Crippen LogP contribution in [0.1, 0.15) is 31.2 Å². The Bertz CT molecular complexity index is 389. The molecule has 4 heteroatoms. The zero-order valence-electron chi connectivity index (χ0n) is 11.9. The number of benzene rings is 1. The Kier molecular flexibility index (Phi) is 6.38. The van der Waals surface area contributed by atoms with Crippen LogP contribution in [0.3, 0.4) is 0 Å². The first kappa shape index (κ1) is 14.9. The fourth-order valence-corrected chi connectivity index (χ4v) is 2.53. The molecule has 0 aliphatic carbocycles. The standard InChI is InChI=1S/C16H24N2O2/c19-16(20-13-15-5-2-1-3-6-15)18-10-4-7-14-8-11-17-12-9-14/h1-3,5-6,14,17H,4,7-13H2,(H,18,19). The second kappa shape index (κ2) is 8.59. The topological polar surface area (TPSA) is 50.4 Å². The fourth-order valence-electron chi connectivity index (χ4n) is 2.53. The fraction of sp³-hybridized carbons (Fsp3) is 0.562. The maximum Gasteiger partial charge on any atom is 0.407 e. The summed E-state index contributed by atoms with van der Waals surface area (Å²) in [5, 5.41) is 6.18. The van der Waals surface area contributed by atoms with Crippen LogP contribution in [0.2, 0.25) is 0 Å². The first-order chi connectivity index (χ1) is 9.84. The van der Waals surface area contributed by atoms with Gasteiger partial charge in [0.05, 0.1) is 0 Å². The number of alkyl carbamates (subject to hydrolysis) is 1. The van der Waals surface area contributed by atoms with Gasteiger partial charge in [0.2, 0.25) is 0 Å². The van der Waals surface area contributed by atoms with Gasteiger partial charge in [-0.15, -0.1) is 0 Å². The van der Waals surface area contributed by atoms with Crippen molar-refractivity contribution in [3.63, 3.8) is 0 Å². The van der Waals surface area contributed by atoms with Gasteiger partial charge in [-0.1, -0.05) is 30.3 Å². The summed E-state index contributed by atoms with van der Waals surface area (Å²) in [7, 11) is 0. The molecule has 1 saturated heterocycles. The molecule has 1 aromatic rings. The van der Waals surface area contributed by atoms with Crippen molar-refractivity contribution in [2.75, 3.05) is 19.6 Å². The molecule has 0 bridgehead atoms. The third kappa shape index (κ3) is 5.61. The van der Waals surface area contributed by atoms with Crippen LogP contribution in [0.4, 0.5) is 4.79 Å². The number of carbonyl (C=O) groups excluding carboxylic acids is 1. The van der Waals surface area contributed by atoms with Gasteiger partial charge in [0.1, 0.15) is 6.61 Å². The molecule has 0 saturated carbocycles. The highest BCUT2D eigenvalue weighted by atomic mass is 16.5. The Morgan fingerprint density at radius 1 is 1.25 bits per heavy atom. The molecular weight excluding hydrogens is 252 g/mol. The van der Waals surface area contributed by atoms with Crippen LogP contribution in [0.5, 0.6) is 0 Å². The van der Waals surface area contributed by atoms with E-state index >= 15 is 0 Å². The number of ether oxygens (including phenoxy) is 1. The van der Waals surface area contributed by atoms with E-state index in [2.05, 4.69) is 10.6 Å². The lowest BCUT2D eigenvalue weighted by atomic mass is 9.93. The highest BCUT2D eigenvalue weighted by Gasteiger charge is 2.12. The summed E-state index contributed by atoms with van der Waals surface area (Å²) in [5.74, 6) is 0.818. The maximum atomic E-state index is 11.5. The van der Waals surface area contributed by atoms with Gasteiger partial charge in [0.15, 0.2) is 0 Å². The van der Waals surface area contributed by atoms with Gasteiger partial charge in [0, 0.05) is 6.54 Å². The molecule has 0 aromatic heterocycles. The molecule has 0 radical (unpaired) electrons. The number of piperidine rings is 1. The molecule has 1 fully saturated rings. The second-order valence-electron chi connectivity index (χ2n) is 5.32. The summed E-state index contributed by atoms with van der Waals surface area (Å²) in [6, 6.07) is 9.73. The minimum Gasteiger partial charge on any atom is -0.445 e. The van der Waals surface area contributed by atoms with E-state index in [0.717, 1.165) is 31.0 Å². The molecule has 2 N–H and O–H groups in total. The molecule has 1 heterocycles. The SMILES string of the molecule is O=C(NCCCC1CCNCC1)OCc1ccccc1. The molecule has 0 atom stereocenters. The molecule has 1 aromatic carbocycles. The van der Waals surface area contributed by atoms with Crippen LogP contribution < -0.4 is 10.6 Å². The summed E-state index contributed by atoms with van der Waals surface area (Å²) in [4.78, 5) is 11.5. The number of rotatable bonds is 6. The van der Waals surface area contributed by atoms with Gasteiger partial charge in [-0.2, -0.15) is 0 Å². The zero-order chi connectivity index (χ0) is 14.0. The van der Waals surface area contributed by atoms with Crippen molar-refractivity contribution in [2.24, 2.45) is 5.92 Å². The van der Waals surface area contributed by atoms with E-state index in [1.807, 2.05) is 30.3 Å². The number of hydrogen-bond acceptors (Lipinski definition) is 3. The molecule has 0 spiro atoms. The van der Waals surface area contributed by atoms with Gasteiger partial charge in [-0.05, 0) is 50.3 Å². The smallest absolute Gasteiger partial charge is 0.407 e. The van der Waals surface area contributed by atoms with E-state index in [4.69, 9.17) is 4.74 Å². The van der Waals surface area contributed by atoms with E-state index < -0.39 is 0 Å². The van der Waals surface area contributed by atoms with E-state index in [1.165, 1.54) is 19.3 Å². The second-order valence-corrected chi connectivity index (χ2v) is 5.32. The van der Waals surface area contributed by atoms with Crippen LogP contribution in [0.25, 0.3) is 0 Å². The molecule has 0 unspecified atom stereocenters. The van der Waals surface area contributed by atoms with Crippen molar-refractivity contribution in [1.82, 2.24) is 10.6 Å². The van der Waals surface area contributed by atoms with Gasteiger partial charge in [-0.25, -0.2) is 4.79 Å².